The van der Waals surface area contributed by atoms with Crippen LogP contribution in [0, 0.1) is 0 Å². The summed E-state index contributed by atoms with van der Waals surface area (Å²) in [6, 6.07) is 10.2. The Morgan fingerprint density at radius 2 is 1.67 bits per heavy atom. The summed E-state index contributed by atoms with van der Waals surface area (Å²) >= 11 is 1.74. The summed E-state index contributed by atoms with van der Waals surface area (Å²) in [5.74, 6) is 0. The highest BCUT2D eigenvalue weighted by molar-refractivity contribution is 8.01. The standard InChI is InChI=1S/C10H15NS/c1-10(2,3)12-11-9-7-5-4-6-8-9/h4-8,11H,1-3H3. The smallest absolute Gasteiger partial charge is 0.0440 e. The molecular formula is C10H15NS. The monoisotopic (exact) mass is 181 g/mol. The van der Waals surface area contributed by atoms with E-state index in [1.54, 1.807) is 11.9 Å². The molecule has 2 heteroatoms. The van der Waals surface area contributed by atoms with E-state index in [9.17, 15) is 0 Å². The maximum atomic E-state index is 3.30. The minimum atomic E-state index is 0.260. The summed E-state index contributed by atoms with van der Waals surface area (Å²) in [6.45, 7) is 6.56. The van der Waals surface area contributed by atoms with Crippen molar-refractivity contribution in [2.75, 3.05) is 4.72 Å². The number of benzene rings is 1. The topological polar surface area (TPSA) is 12.0 Å². The van der Waals surface area contributed by atoms with Crippen molar-refractivity contribution in [3.05, 3.63) is 30.3 Å². The lowest BCUT2D eigenvalue weighted by molar-refractivity contribution is 0.806. The van der Waals surface area contributed by atoms with E-state index in [0.29, 0.717) is 0 Å². The number of rotatable bonds is 2. The second-order valence-electron chi connectivity index (χ2n) is 3.68. The summed E-state index contributed by atoms with van der Waals surface area (Å²) < 4.78 is 3.56. The third kappa shape index (κ3) is 3.67. The molecule has 66 valence electrons. The molecule has 0 unspecified atom stereocenters. The first-order valence-corrected chi connectivity index (χ1v) is 4.89. The molecule has 1 aromatic carbocycles. The molecule has 0 heterocycles. The summed E-state index contributed by atoms with van der Waals surface area (Å²) in [7, 11) is 0. The molecule has 1 aromatic rings. The summed E-state index contributed by atoms with van der Waals surface area (Å²) in [5.41, 5.74) is 1.16. The zero-order chi connectivity index (χ0) is 9.03. The first-order valence-electron chi connectivity index (χ1n) is 4.07. The molecule has 0 aliphatic heterocycles. The predicted molar refractivity (Wildman–Crippen MR) is 57.4 cm³/mol. The van der Waals surface area contributed by atoms with Crippen LogP contribution in [0.15, 0.2) is 30.3 Å². The number of hydrogen-bond acceptors (Lipinski definition) is 2. The maximum Gasteiger partial charge on any atom is 0.0440 e. The summed E-state index contributed by atoms with van der Waals surface area (Å²) in [5, 5.41) is 0. The van der Waals surface area contributed by atoms with Gasteiger partial charge in [0.1, 0.15) is 0 Å². The lowest BCUT2D eigenvalue weighted by Gasteiger charge is -2.18. The van der Waals surface area contributed by atoms with E-state index in [1.807, 2.05) is 18.2 Å². The lowest BCUT2D eigenvalue weighted by atomic mass is 10.3. The van der Waals surface area contributed by atoms with Crippen LogP contribution in [-0.2, 0) is 0 Å². The van der Waals surface area contributed by atoms with Gasteiger partial charge in [-0.15, -0.1) is 0 Å². The average molecular weight is 181 g/mol. The number of anilines is 1. The highest BCUT2D eigenvalue weighted by Crippen LogP contribution is 2.24. The van der Waals surface area contributed by atoms with Gasteiger partial charge in [-0.2, -0.15) is 0 Å². The van der Waals surface area contributed by atoms with Gasteiger partial charge < -0.3 is 4.72 Å². The molecular weight excluding hydrogens is 166 g/mol. The summed E-state index contributed by atoms with van der Waals surface area (Å²) in [6.07, 6.45) is 0. The van der Waals surface area contributed by atoms with E-state index in [-0.39, 0.29) is 4.75 Å². The molecule has 1 N–H and O–H groups in total. The Balaban J connectivity index is 2.44. The van der Waals surface area contributed by atoms with Gasteiger partial charge in [0, 0.05) is 10.4 Å². The quantitative estimate of drug-likeness (QED) is 0.700. The number of hydrogen-bond donors (Lipinski definition) is 1. The Hall–Kier alpha value is -0.630. The van der Waals surface area contributed by atoms with E-state index in [4.69, 9.17) is 0 Å². The molecule has 0 fully saturated rings. The Bertz CT molecular complexity index is 225. The Morgan fingerprint density at radius 3 is 2.17 bits per heavy atom. The summed E-state index contributed by atoms with van der Waals surface area (Å²) in [4.78, 5) is 0. The van der Waals surface area contributed by atoms with Gasteiger partial charge >= 0.3 is 0 Å². The highest BCUT2D eigenvalue weighted by Gasteiger charge is 2.09. The Kier molecular flexibility index (Phi) is 3.04. The molecule has 12 heavy (non-hydrogen) atoms. The van der Waals surface area contributed by atoms with Gasteiger partial charge in [0.15, 0.2) is 0 Å². The van der Waals surface area contributed by atoms with E-state index < -0.39 is 0 Å². The van der Waals surface area contributed by atoms with Gasteiger partial charge in [-0.05, 0) is 44.9 Å². The Morgan fingerprint density at radius 1 is 1.08 bits per heavy atom. The van der Waals surface area contributed by atoms with Crippen LogP contribution >= 0.6 is 11.9 Å². The highest BCUT2D eigenvalue weighted by atomic mass is 32.2. The fourth-order valence-corrected chi connectivity index (χ4v) is 1.28. The van der Waals surface area contributed by atoms with Crippen LogP contribution < -0.4 is 4.72 Å². The van der Waals surface area contributed by atoms with Crippen molar-refractivity contribution in [3.63, 3.8) is 0 Å². The first-order chi connectivity index (χ1) is 5.58. The van der Waals surface area contributed by atoms with Crippen molar-refractivity contribution in [1.29, 1.82) is 0 Å². The molecule has 0 atom stereocenters. The molecule has 0 aliphatic rings. The Labute approximate surface area is 78.7 Å². The van der Waals surface area contributed by atoms with Crippen molar-refractivity contribution in [3.8, 4) is 0 Å². The molecule has 1 nitrogen and oxygen atoms in total. The first kappa shape index (κ1) is 9.46. The normalized spacial score (nSPS) is 11.2. The molecule has 0 bridgehead atoms. The lowest BCUT2D eigenvalue weighted by Crippen LogP contribution is -2.10. The largest absolute Gasteiger partial charge is 0.329 e. The van der Waals surface area contributed by atoms with Crippen LogP contribution in [0.2, 0.25) is 0 Å². The third-order valence-corrected chi connectivity index (χ3v) is 2.20. The zero-order valence-corrected chi connectivity index (χ0v) is 8.61. The molecule has 0 amide bonds. The average Bonchev–Trinajstić information content (AvgIpc) is 2.02. The number of nitrogens with one attached hydrogen (secondary N) is 1. The SMILES string of the molecule is CC(C)(C)SNc1ccccc1. The van der Waals surface area contributed by atoms with E-state index in [1.165, 1.54) is 0 Å². The molecule has 0 aliphatic carbocycles. The molecule has 0 spiro atoms. The fourth-order valence-electron chi connectivity index (χ4n) is 0.718. The van der Waals surface area contributed by atoms with Crippen LogP contribution in [-0.4, -0.2) is 4.75 Å². The van der Waals surface area contributed by atoms with Crippen molar-refractivity contribution in [1.82, 2.24) is 0 Å². The fraction of sp³-hybridized carbons (Fsp3) is 0.400. The van der Waals surface area contributed by atoms with Gasteiger partial charge in [-0.1, -0.05) is 18.2 Å². The number of para-hydroxylation sites is 1. The van der Waals surface area contributed by atoms with Crippen LogP contribution in [0.1, 0.15) is 20.8 Å². The van der Waals surface area contributed by atoms with Crippen LogP contribution in [0.5, 0.6) is 0 Å². The van der Waals surface area contributed by atoms with E-state index >= 15 is 0 Å². The van der Waals surface area contributed by atoms with E-state index in [0.717, 1.165) is 5.69 Å². The molecule has 0 radical (unpaired) electrons. The molecule has 0 saturated heterocycles. The van der Waals surface area contributed by atoms with Crippen molar-refractivity contribution >= 4 is 17.6 Å². The second-order valence-corrected chi connectivity index (χ2v) is 5.32. The van der Waals surface area contributed by atoms with Gasteiger partial charge in [-0.3, -0.25) is 0 Å². The third-order valence-electron chi connectivity index (χ3n) is 1.25. The predicted octanol–water partition coefficient (Wildman–Crippen LogP) is 3.55. The molecule has 1 rings (SSSR count). The van der Waals surface area contributed by atoms with Gasteiger partial charge in [0.25, 0.3) is 0 Å². The van der Waals surface area contributed by atoms with Crippen LogP contribution in [0.3, 0.4) is 0 Å². The van der Waals surface area contributed by atoms with Gasteiger partial charge in [0.05, 0.1) is 0 Å². The van der Waals surface area contributed by atoms with Crippen molar-refractivity contribution < 1.29 is 0 Å². The van der Waals surface area contributed by atoms with Crippen molar-refractivity contribution in [2.24, 2.45) is 0 Å². The molecule has 0 saturated carbocycles. The van der Waals surface area contributed by atoms with Crippen LogP contribution in [0.4, 0.5) is 5.69 Å². The minimum absolute atomic E-state index is 0.260. The second kappa shape index (κ2) is 3.85. The van der Waals surface area contributed by atoms with Gasteiger partial charge in [0.2, 0.25) is 0 Å². The van der Waals surface area contributed by atoms with Crippen LogP contribution in [0.25, 0.3) is 0 Å². The maximum absolute atomic E-state index is 3.30. The van der Waals surface area contributed by atoms with E-state index in [2.05, 4.69) is 37.6 Å². The zero-order valence-electron chi connectivity index (χ0n) is 7.79. The van der Waals surface area contributed by atoms with Crippen molar-refractivity contribution in [2.45, 2.75) is 25.5 Å². The molecule has 0 aromatic heterocycles. The minimum Gasteiger partial charge on any atom is -0.329 e. The van der Waals surface area contributed by atoms with Gasteiger partial charge in [-0.25, -0.2) is 0 Å².